The molecular formula is C10H11N7O. The Labute approximate surface area is 103 Å². The molecule has 0 amide bonds. The fraction of sp³-hybridized carbons (Fsp3) is 0.400. The van der Waals surface area contributed by atoms with Gasteiger partial charge in [-0.05, 0) is 12.8 Å². The van der Waals surface area contributed by atoms with E-state index in [1.165, 1.54) is 12.4 Å². The summed E-state index contributed by atoms with van der Waals surface area (Å²) in [5.41, 5.74) is 0.691. The van der Waals surface area contributed by atoms with Gasteiger partial charge < -0.3 is 0 Å². The van der Waals surface area contributed by atoms with Crippen LogP contribution < -0.4 is 0 Å². The number of carbonyl (C=O) groups is 1. The molecule has 2 aromatic heterocycles. The number of hydrogen-bond acceptors (Lipinski definition) is 6. The second-order valence-electron chi connectivity index (χ2n) is 3.64. The number of nitrogens with zero attached hydrogens (tertiary/aromatic N) is 7. The molecule has 0 aliphatic carbocycles. The van der Waals surface area contributed by atoms with Crippen molar-refractivity contribution in [1.82, 2.24) is 30.0 Å². The van der Waals surface area contributed by atoms with E-state index in [9.17, 15) is 4.79 Å². The number of aromatic nitrogens is 6. The predicted molar refractivity (Wildman–Crippen MR) is 59.6 cm³/mol. The highest BCUT2D eigenvalue weighted by Crippen LogP contribution is 2.08. The van der Waals surface area contributed by atoms with Crippen molar-refractivity contribution < 1.29 is 4.79 Å². The van der Waals surface area contributed by atoms with Crippen LogP contribution in [-0.2, 0) is 6.42 Å². The van der Waals surface area contributed by atoms with Crippen LogP contribution in [0.2, 0.25) is 0 Å². The molecule has 0 aliphatic rings. The molecule has 0 saturated carbocycles. The van der Waals surface area contributed by atoms with Crippen LogP contribution in [0.3, 0.4) is 0 Å². The number of rotatable bonds is 3. The maximum atomic E-state index is 11.9. The van der Waals surface area contributed by atoms with E-state index in [1.807, 2.05) is 13.0 Å². The summed E-state index contributed by atoms with van der Waals surface area (Å²) in [6.07, 6.45) is 5.26. The van der Waals surface area contributed by atoms with Gasteiger partial charge in [-0.15, -0.1) is 14.9 Å². The lowest BCUT2D eigenvalue weighted by atomic mass is 10.2. The minimum Gasteiger partial charge on any atom is -0.243 e. The molecule has 0 N–H and O–H groups in total. The van der Waals surface area contributed by atoms with Crippen molar-refractivity contribution in [2.45, 2.75) is 26.2 Å². The first-order valence-corrected chi connectivity index (χ1v) is 5.53. The van der Waals surface area contributed by atoms with E-state index in [1.54, 1.807) is 0 Å². The van der Waals surface area contributed by atoms with Gasteiger partial charge in [0.15, 0.2) is 5.69 Å². The van der Waals surface area contributed by atoms with Crippen LogP contribution in [0.1, 0.15) is 31.2 Å². The Hall–Kier alpha value is -2.56. The van der Waals surface area contributed by atoms with E-state index in [0.717, 1.165) is 22.2 Å². The van der Waals surface area contributed by atoms with Gasteiger partial charge in [-0.3, -0.25) is 0 Å². The minimum atomic E-state index is -0.570. The molecule has 0 unspecified atom stereocenters. The van der Waals surface area contributed by atoms with Gasteiger partial charge in [-0.25, -0.2) is 4.79 Å². The zero-order valence-corrected chi connectivity index (χ0v) is 9.81. The van der Waals surface area contributed by atoms with Gasteiger partial charge in [0.2, 0.25) is 0 Å². The summed E-state index contributed by atoms with van der Waals surface area (Å²) >= 11 is 0. The summed E-state index contributed by atoms with van der Waals surface area (Å²) in [5.74, 6) is 0. The van der Waals surface area contributed by atoms with E-state index in [2.05, 4.69) is 20.6 Å². The van der Waals surface area contributed by atoms with E-state index in [0.29, 0.717) is 12.1 Å². The molecule has 0 radical (unpaired) electrons. The molecule has 2 aromatic rings. The number of hydrogen-bond donors (Lipinski definition) is 0. The Morgan fingerprint density at radius 2 is 2.33 bits per heavy atom. The largest absolute Gasteiger partial charge is 0.373 e. The summed E-state index contributed by atoms with van der Waals surface area (Å²) in [5, 5.41) is 23.7. The van der Waals surface area contributed by atoms with E-state index >= 15 is 0 Å². The third-order valence-corrected chi connectivity index (χ3v) is 2.41. The van der Waals surface area contributed by atoms with Gasteiger partial charge in [0.05, 0.1) is 12.4 Å². The predicted octanol–water partition coefficient (Wildman–Crippen LogP) is 0.600. The van der Waals surface area contributed by atoms with Crippen molar-refractivity contribution in [3.8, 4) is 6.07 Å². The average Bonchev–Trinajstić information content (AvgIpc) is 3.04. The first kappa shape index (κ1) is 11.9. The SMILES string of the molecule is CCCCc1nnn(C(=O)n2ccnn2)c1C#N. The lowest BCUT2D eigenvalue weighted by Gasteiger charge is -1.99. The molecule has 0 saturated heterocycles. The number of carbonyl (C=O) groups excluding carboxylic acids is 1. The van der Waals surface area contributed by atoms with E-state index in [4.69, 9.17) is 5.26 Å². The molecule has 0 aliphatic heterocycles. The van der Waals surface area contributed by atoms with Gasteiger partial charge in [-0.1, -0.05) is 23.8 Å². The highest BCUT2D eigenvalue weighted by Gasteiger charge is 2.19. The first-order chi connectivity index (χ1) is 8.77. The van der Waals surface area contributed by atoms with Crippen LogP contribution in [0.4, 0.5) is 4.79 Å². The molecule has 2 heterocycles. The Balaban J connectivity index is 2.32. The van der Waals surface area contributed by atoms with Gasteiger partial charge in [0.25, 0.3) is 0 Å². The fourth-order valence-corrected chi connectivity index (χ4v) is 1.48. The van der Waals surface area contributed by atoms with Gasteiger partial charge in [0.1, 0.15) is 11.8 Å². The Kier molecular flexibility index (Phi) is 3.43. The molecule has 92 valence electrons. The topological polar surface area (TPSA) is 102 Å². The number of nitriles is 1. The molecule has 0 fully saturated rings. The fourth-order valence-electron chi connectivity index (χ4n) is 1.48. The Morgan fingerprint density at radius 3 is 2.94 bits per heavy atom. The molecule has 0 bridgehead atoms. The third kappa shape index (κ3) is 2.10. The standard InChI is InChI=1S/C10H11N7O/c1-2-3-4-8-9(7-11)17(15-13-8)10(18)16-6-5-12-14-16/h5-6H,2-4H2,1H3. The smallest absolute Gasteiger partial charge is 0.243 e. The summed E-state index contributed by atoms with van der Waals surface area (Å²) in [6, 6.07) is 1.38. The lowest BCUT2D eigenvalue weighted by Crippen LogP contribution is -2.22. The summed E-state index contributed by atoms with van der Waals surface area (Å²) < 4.78 is 1.94. The second kappa shape index (κ2) is 5.18. The van der Waals surface area contributed by atoms with Crippen molar-refractivity contribution >= 4 is 6.03 Å². The molecule has 8 heteroatoms. The first-order valence-electron chi connectivity index (χ1n) is 5.53. The summed E-state index contributed by atoms with van der Waals surface area (Å²) in [6.45, 7) is 2.04. The molecule has 8 nitrogen and oxygen atoms in total. The van der Waals surface area contributed by atoms with Gasteiger partial charge >= 0.3 is 6.03 Å². The molecule has 0 atom stereocenters. The quantitative estimate of drug-likeness (QED) is 0.784. The van der Waals surface area contributed by atoms with E-state index in [-0.39, 0.29) is 5.69 Å². The molecule has 18 heavy (non-hydrogen) atoms. The number of aryl methyl sites for hydroxylation is 1. The normalized spacial score (nSPS) is 10.2. The number of unbranched alkanes of at least 4 members (excludes halogenated alkanes) is 1. The lowest BCUT2D eigenvalue weighted by molar-refractivity contribution is 0.237. The third-order valence-electron chi connectivity index (χ3n) is 2.41. The van der Waals surface area contributed by atoms with Crippen molar-refractivity contribution in [2.24, 2.45) is 0 Å². The maximum Gasteiger partial charge on any atom is 0.373 e. The van der Waals surface area contributed by atoms with Crippen LogP contribution >= 0.6 is 0 Å². The molecular weight excluding hydrogens is 234 g/mol. The molecule has 0 aromatic carbocycles. The average molecular weight is 245 g/mol. The van der Waals surface area contributed by atoms with Crippen LogP contribution in [-0.4, -0.2) is 36.0 Å². The van der Waals surface area contributed by atoms with Crippen LogP contribution in [0.15, 0.2) is 12.4 Å². The van der Waals surface area contributed by atoms with Crippen LogP contribution in [0.25, 0.3) is 0 Å². The van der Waals surface area contributed by atoms with Gasteiger partial charge in [0, 0.05) is 0 Å². The zero-order chi connectivity index (χ0) is 13.0. The van der Waals surface area contributed by atoms with Gasteiger partial charge in [-0.2, -0.15) is 9.94 Å². The van der Waals surface area contributed by atoms with Crippen molar-refractivity contribution in [3.05, 3.63) is 23.8 Å². The Morgan fingerprint density at radius 1 is 1.50 bits per heavy atom. The van der Waals surface area contributed by atoms with E-state index < -0.39 is 6.03 Å². The van der Waals surface area contributed by atoms with Crippen LogP contribution in [0.5, 0.6) is 0 Å². The second-order valence-corrected chi connectivity index (χ2v) is 3.64. The maximum absolute atomic E-state index is 11.9. The highest BCUT2D eigenvalue weighted by molar-refractivity contribution is 5.78. The minimum absolute atomic E-state index is 0.156. The summed E-state index contributed by atoms with van der Waals surface area (Å²) in [7, 11) is 0. The van der Waals surface area contributed by atoms with Crippen molar-refractivity contribution in [2.75, 3.05) is 0 Å². The highest BCUT2D eigenvalue weighted by atomic mass is 16.2. The Bertz CT molecular complexity index is 578. The summed E-state index contributed by atoms with van der Waals surface area (Å²) in [4.78, 5) is 11.9. The van der Waals surface area contributed by atoms with Crippen molar-refractivity contribution in [1.29, 1.82) is 5.26 Å². The van der Waals surface area contributed by atoms with Crippen LogP contribution in [0, 0.1) is 11.3 Å². The molecule has 2 rings (SSSR count). The zero-order valence-electron chi connectivity index (χ0n) is 9.81. The molecule has 0 spiro atoms. The van der Waals surface area contributed by atoms with Crippen molar-refractivity contribution in [3.63, 3.8) is 0 Å². The monoisotopic (exact) mass is 245 g/mol.